The topological polar surface area (TPSA) is 95.9 Å². The number of anilines is 1. The fourth-order valence-electron chi connectivity index (χ4n) is 2.42. The maximum atomic E-state index is 12.6. The zero-order chi connectivity index (χ0) is 19.6. The number of nitrogens with zero attached hydrogens (tertiary/aromatic N) is 1. The molecule has 0 bridgehead atoms. The second-order valence-corrected chi connectivity index (χ2v) is 6.73. The highest BCUT2D eigenvalue weighted by Gasteiger charge is 2.34. The largest absolute Gasteiger partial charge is 0.479 e. The summed E-state index contributed by atoms with van der Waals surface area (Å²) in [6, 6.07) is 11.7. The van der Waals surface area contributed by atoms with Crippen molar-refractivity contribution in [2.75, 3.05) is 11.6 Å². The average Bonchev–Trinajstić information content (AvgIpc) is 2.90. The molecule has 0 aliphatic carbocycles. The lowest BCUT2D eigenvalue weighted by Crippen LogP contribution is -2.35. The summed E-state index contributed by atoms with van der Waals surface area (Å²) in [6.07, 6.45) is 1.40. The summed E-state index contributed by atoms with van der Waals surface area (Å²) >= 11 is 9.38. The lowest BCUT2D eigenvalue weighted by atomic mass is 10.1. The van der Waals surface area contributed by atoms with E-state index in [9.17, 15) is 14.4 Å². The van der Waals surface area contributed by atoms with Crippen molar-refractivity contribution in [3.63, 3.8) is 0 Å². The average molecular weight is 452 g/mol. The number of hydrazine groups is 1. The van der Waals surface area contributed by atoms with Gasteiger partial charge in [0.2, 0.25) is 0 Å². The van der Waals surface area contributed by atoms with Gasteiger partial charge in [-0.1, -0.05) is 29.8 Å². The third-order valence-corrected chi connectivity index (χ3v) is 4.45. The predicted molar refractivity (Wildman–Crippen MR) is 102 cm³/mol. The van der Waals surface area contributed by atoms with Crippen LogP contribution < -0.4 is 15.2 Å². The van der Waals surface area contributed by atoms with Gasteiger partial charge in [-0.2, -0.15) is 0 Å². The lowest BCUT2D eigenvalue weighted by Gasteiger charge is -2.13. The van der Waals surface area contributed by atoms with Gasteiger partial charge in [0, 0.05) is 0 Å². The van der Waals surface area contributed by atoms with Crippen LogP contribution in [-0.2, 0) is 14.4 Å². The fraction of sp³-hybridized carbons (Fsp3) is 0.0556. The van der Waals surface area contributed by atoms with E-state index in [-0.39, 0.29) is 16.3 Å². The Morgan fingerprint density at radius 3 is 2.59 bits per heavy atom. The number of amides is 2. The smallest absolute Gasteiger partial charge is 0.341 e. The molecule has 138 valence electrons. The maximum absolute atomic E-state index is 12.6. The number of para-hydroxylation sites is 1. The number of carboxylic acid groups (broad SMARTS) is 1. The van der Waals surface area contributed by atoms with Gasteiger partial charge in [-0.15, -0.1) is 0 Å². The standard InChI is InChI=1S/C18H12BrClN2O5/c19-13-7-10(8-14(20)16(13)27-9-15(23)24)6-12-17(25)21-22(18(12)26)11-4-2-1-3-5-11/h1-8H,9H2,(H,21,25)(H,23,24). The number of nitrogens with one attached hydrogen (secondary N) is 1. The SMILES string of the molecule is O=C(O)COc1c(Cl)cc(C=C2C(=O)NN(c3ccccc3)C2=O)cc1Br. The number of hydrogen-bond donors (Lipinski definition) is 2. The number of benzene rings is 2. The van der Waals surface area contributed by atoms with Gasteiger partial charge < -0.3 is 9.84 Å². The molecule has 2 amide bonds. The van der Waals surface area contributed by atoms with Crippen molar-refractivity contribution in [3.05, 3.63) is 63.1 Å². The number of carbonyl (C=O) groups excluding carboxylic acids is 2. The van der Waals surface area contributed by atoms with E-state index in [4.69, 9.17) is 21.4 Å². The molecule has 2 aromatic carbocycles. The van der Waals surface area contributed by atoms with Gasteiger partial charge in [-0.25, -0.2) is 9.80 Å². The molecule has 0 saturated carbocycles. The van der Waals surface area contributed by atoms with Gasteiger partial charge in [0.25, 0.3) is 11.8 Å². The first-order valence-electron chi connectivity index (χ1n) is 7.62. The van der Waals surface area contributed by atoms with Crippen LogP contribution in [0.25, 0.3) is 6.08 Å². The molecule has 1 aliphatic heterocycles. The van der Waals surface area contributed by atoms with Crippen molar-refractivity contribution in [1.82, 2.24) is 5.43 Å². The molecule has 0 spiro atoms. The van der Waals surface area contributed by atoms with Crippen LogP contribution in [0.2, 0.25) is 5.02 Å². The Hall–Kier alpha value is -2.84. The molecule has 1 saturated heterocycles. The minimum Gasteiger partial charge on any atom is -0.479 e. The molecule has 7 nitrogen and oxygen atoms in total. The Kier molecular flexibility index (Phi) is 5.48. The van der Waals surface area contributed by atoms with E-state index in [1.165, 1.54) is 12.1 Å². The Labute approximate surface area is 167 Å². The second kappa shape index (κ2) is 7.81. The highest BCUT2D eigenvalue weighted by molar-refractivity contribution is 9.10. The van der Waals surface area contributed by atoms with Gasteiger partial charge >= 0.3 is 5.97 Å². The molecule has 0 atom stereocenters. The Morgan fingerprint density at radius 2 is 1.96 bits per heavy atom. The highest BCUT2D eigenvalue weighted by Crippen LogP contribution is 2.35. The van der Waals surface area contributed by atoms with Crippen molar-refractivity contribution in [3.8, 4) is 5.75 Å². The van der Waals surface area contributed by atoms with Gasteiger partial charge in [-0.3, -0.25) is 15.0 Å². The molecule has 3 rings (SSSR count). The van der Waals surface area contributed by atoms with E-state index in [0.29, 0.717) is 15.7 Å². The van der Waals surface area contributed by atoms with Crippen molar-refractivity contribution < 1.29 is 24.2 Å². The van der Waals surface area contributed by atoms with Crippen LogP contribution in [0.4, 0.5) is 5.69 Å². The molecule has 9 heteroatoms. The van der Waals surface area contributed by atoms with Crippen LogP contribution in [0.1, 0.15) is 5.56 Å². The molecule has 0 radical (unpaired) electrons. The van der Waals surface area contributed by atoms with E-state index in [1.807, 2.05) is 0 Å². The summed E-state index contributed by atoms with van der Waals surface area (Å²) in [5.41, 5.74) is 3.46. The van der Waals surface area contributed by atoms with E-state index >= 15 is 0 Å². The maximum Gasteiger partial charge on any atom is 0.341 e. The third-order valence-electron chi connectivity index (χ3n) is 3.58. The predicted octanol–water partition coefficient (Wildman–Crippen LogP) is 3.03. The number of carboxylic acids is 1. The molecule has 2 N–H and O–H groups in total. The van der Waals surface area contributed by atoms with Crippen molar-refractivity contribution in [2.24, 2.45) is 0 Å². The van der Waals surface area contributed by atoms with Crippen LogP contribution in [0.15, 0.2) is 52.5 Å². The number of carbonyl (C=O) groups is 3. The summed E-state index contributed by atoms with van der Waals surface area (Å²) in [5, 5.41) is 10.0. The summed E-state index contributed by atoms with van der Waals surface area (Å²) in [4.78, 5) is 35.4. The zero-order valence-corrected chi connectivity index (χ0v) is 16.0. The molecular formula is C18H12BrClN2O5. The van der Waals surface area contributed by atoms with Crippen molar-refractivity contribution in [2.45, 2.75) is 0 Å². The molecule has 1 heterocycles. The summed E-state index contributed by atoms with van der Waals surface area (Å²) in [6.45, 7) is -0.550. The second-order valence-electron chi connectivity index (χ2n) is 5.47. The first-order valence-corrected chi connectivity index (χ1v) is 8.79. The van der Waals surface area contributed by atoms with Crippen LogP contribution in [0.5, 0.6) is 5.75 Å². The molecule has 0 aromatic heterocycles. The van der Waals surface area contributed by atoms with Gasteiger partial charge in [0.1, 0.15) is 5.57 Å². The number of ether oxygens (including phenoxy) is 1. The number of halogens is 2. The highest BCUT2D eigenvalue weighted by atomic mass is 79.9. The van der Waals surface area contributed by atoms with Crippen molar-refractivity contribution in [1.29, 1.82) is 0 Å². The first-order chi connectivity index (χ1) is 12.9. The summed E-state index contributed by atoms with van der Waals surface area (Å²) in [7, 11) is 0. The minimum atomic E-state index is -1.14. The third kappa shape index (κ3) is 4.12. The molecule has 1 aliphatic rings. The van der Waals surface area contributed by atoms with E-state index in [0.717, 1.165) is 5.01 Å². The van der Waals surface area contributed by atoms with Gasteiger partial charge in [-0.05, 0) is 51.8 Å². The molecule has 0 unspecified atom stereocenters. The van der Waals surface area contributed by atoms with Crippen LogP contribution >= 0.6 is 27.5 Å². The normalized spacial score (nSPS) is 15.2. The quantitative estimate of drug-likeness (QED) is 0.538. The Balaban J connectivity index is 1.89. The molecule has 27 heavy (non-hydrogen) atoms. The number of rotatable bonds is 5. The first kappa shape index (κ1) is 18.9. The zero-order valence-electron chi connectivity index (χ0n) is 13.6. The summed E-state index contributed by atoms with van der Waals surface area (Å²) < 4.78 is 5.51. The van der Waals surface area contributed by atoms with Crippen LogP contribution in [-0.4, -0.2) is 29.5 Å². The monoisotopic (exact) mass is 450 g/mol. The van der Waals surface area contributed by atoms with E-state index in [2.05, 4.69) is 21.4 Å². The molecule has 2 aromatic rings. The minimum absolute atomic E-state index is 0.0546. The van der Waals surface area contributed by atoms with Gasteiger partial charge in [0.05, 0.1) is 15.2 Å². The Bertz CT molecular complexity index is 938. The fourth-order valence-corrected chi connectivity index (χ4v) is 3.41. The number of hydrogen-bond acceptors (Lipinski definition) is 4. The van der Waals surface area contributed by atoms with Crippen molar-refractivity contribution >= 4 is 57.1 Å². The number of aliphatic carboxylic acids is 1. The summed E-state index contributed by atoms with van der Waals surface area (Å²) in [5.74, 6) is -2.01. The molecular weight excluding hydrogens is 440 g/mol. The molecule has 1 fully saturated rings. The van der Waals surface area contributed by atoms with Gasteiger partial charge in [0.15, 0.2) is 12.4 Å². The lowest BCUT2D eigenvalue weighted by molar-refractivity contribution is -0.139. The van der Waals surface area contributed by atoms with E-state index < -0.39 is 24.4 Å². The van der Waals surface area contributed by atoms with E-state index in [1.54, 1.807) is 36.4 Å². The Morgan fingerprint density at radius 1 is 1.26 bits per heavy atom. The van der Waals surface area contributed by atoms with Crippen LogP contribution in [0.3, 0.4) is 0 Å². The van der Waals surface area contributed by atoms with Crippen LogP contribution in [0, 0.1) is 0 Å².